The first kappa shape index (κ1) is 12.0. The van der Waals surface area contributed by atoms with Gasteiger partial charge in [-0.05, 0) is 0 Å². The second kappa shape index (κ2) is 4.21. The molecule has 9 heteroatoms. The van der Waals surface area contributed by atoms with Crippen LogP contribution in [-0.4, -0.2) is 41.4 Å². The highest BCUT2D eigenvalue weighted by Gasteiger charge is 2.43. The fourth-order valence-corrected chi connectivity index (χ4v) is 1.46. The molecule has 1 aliphatic rings. The van der Waals surface area contributed by atoms with Gasteiger partial charge in [0.1, 0.15) is 12.2 Å². The second-order valence-corrected chi connectivity index (χ2v) is 4.09. The summed E-state index contributed by atoms with van der Waals surface area (Å²) in [6, 6.07) is 0. The van der Waals surface area contributed by atoms with Crippen molar-refractivity contribution in [3.05, 3.63) is 0 Å². The molecule has 0 aromatic carbocycles. The van der Waals surface area contributed by atoms with Crippen molar-refractivity contribution in [2.24, 2.45) is 0 Å². The molecular weight excluding hydrogens is 217 g/mol. The standard InChI is InChI=1S/C5H12NO7P/c6-5-4(8)3(7)2(13-5)1-12-14(9,10)11/h2-5,7-8H,1,6H2,(H2,9,10,11)/p-1/t2-,3-,4-,5-/m1/s1. The van der Waals surface area contributed by atoms with Gasteiger partial charge >= 0.3 is 0 Å². The number of aliphatic hydroxyl groups is 2. The third kappa shape index (κ3) is 2.97. The molecule has 0 aromatic rings. The molecule has 14 heavy (non-hydrogen) atoms. The van der Waals surface area contributed by atoms with Crippen LogP contribution in [0.25, 0.3) is 0 Å². The van der Waals surface area contributed by atoms with Crippen LogP contribution in [0.15, 0.2) is 0 Å². The number of hydrogen-bond acceptors (Lipinski definition) is 7. The molecule has 0 aromatic heterocycles. The normalized spacial score (nSPS) is 38.9. The van der Waals surface area contributed by atoms with E-state index in [-0.39, 0.29) is 0 Å². The summed E-state index contributed by atoms with van der Waals surface area (Å²) in [6.45, 7) is -0.617. The first-order valence-electron chi connectivity index (χ1n) is 3.82. The average Bonchev–Trinajstić information content (AvgIpc) is 2.28. The van der Waals surface area contributed by atoms with Gasteiger partial charge in [-0.25, -0.2) is 0 Å². The molecule has 0 radical (unpaired) electrons. The van der Waals surface area contributed by atoms with Gasteiger partial charge in [0, 0.05) is 0 Å². The van der Waals surface area contributed by atoms with Crippen molar-refractivity contribution in [3.63, 3.8) is 0 Å². The molecule has 0 spiro atoms. The summed E-state index contributed by atoms with van der Waals surface area (Å²) >= 11 is 0. The average molecular weight is 228 g/mol. The van der Waals surface area contributed by atoms with E-state index in [4.69, 9.17) is 9.84 Å². The molecular formula is C5H11NO7P-. The molecule has 8 nitrogen and oxygen atoms in total. The zero-order valence-electron chi connectivity index (χ0n) is 7.11. The van der Waals surface area contributed by atoms with E-state index in [0.717, 1.165) is 0 Å². The zero-order chi connectivity index (χ0) is 10.9. The summed E-state index contributed by atoms with van der Waals surface area (Å²) in [5.41, 5.74) is 3.35. The van der Waals surface area contributed by atoms with Crippen LogP contribution in [0, 0.1) is 0 Å². The van der Waals surface area contributed by atoms with Crippen molar-refractivity contribution in [1.29, 1.82) is 0 Å². The lowest BCUT2D eigenvalue weighted by atomic mass is 10.1. The highest BCUT2D eigenvalue weighted by molar-refractivity contribution is 7.43. The Morgan fingerprint density at radius 2 is 2.00 bits per heavy atom. The minimum absolute atomic E-state index is 0.617. The molecule has 0 amide bonds. The Balaban J connectivity index is 2.44. The molecule has 0 aliphatic carbocycles. The Morgan fingerprint density at radius 1 is 1.43 bits per heavy atom. The first-order valence-corrected chi connectivity index (χ1v) is 5.28. The summed E-state index contributed by atoms with van der Waals surface area (Å²) in [4.78, 5) is 20.2. The summed E-state index contributed by atoms with van der Waals surface area (Å²) in [6.07, 6.45) is -4.43. The summed E-state index contributed by atoms with van der Waals surface area (Å²) in [5.74, 6) is 0. The second-order valence-electron chi connectivity index (χ2n) is 2.94. The quantitative estimate of drug-likeness (QED) is 0.412. The Hall–Kier alpha value is -0.0500. The molecule has 1 heterocycles. The predicted octanol–water partition coefficient (Wildman–Crippen LogP) is -4.48. The van der Waals surface area contributed by atoms with Gasteiger partial charge in [0.05, 0.1) is 14.4 Å². The molecule has 5 N–H and O–H groups in total. The van der Waals surface area contributed by atoms with E-state index in [9.17, 15) is 19.5 Å². The Kier molecular flexibility index (Phi) is 3.62. The molecule has 1 saturated heterocycles. The van der Waals surface area contributed by atoms with E-state index in [1.54, 1.807) is 0 Å². The fraction of sp³-hybridized carbons (Fsp3) is 1.00. The van der Waals surface area contributed by atoms with E-state index in [1.165, 1.54) is 0 Å². The van der Waals surface area contributed by atoms with E-state index in [1.807, 2.05) is 0 Å². The van der Waals surface area contributed by atoms with E-state index < -0.39 is 39.0 Å². The fourth-order valence-electron chi connectivity index (χ4n) is 1.13. The lowest BCUT2D eigenvalue weighted by molar-refractivity contribution is -0.498. The highest BCUT2D eigenvalue weighted by atomic mass is 31.2. The minimum Gasteiger partial charge on any atom is -0.790 e. The van der Waals surface area contributed by atoms with Crippen LogP contribution < -0.4 is 15.5 Å². The van der Waals surface area contributed by atoms with E-state index >= 15 is 0 Å². The topological polar surface area (TPSA) is 150 Å². The molecule has 0 saturated carbocycles. The Labute approximate surface area is 79.5 Å². The number of phosphoric acid groups is 1. The van der Waals surface area contributed by atoms with Gasteiger partial charge in [0.25, 0.3) is 0 Å². The van der Waals surface area contributed by atoms with Crippen molar-refractivity contribution in [2.75, 3.05) is 6.61 Å². The van der Waals surface area contributed by atoms with Gasteiger partial charge in [-0.1, -0.05) is 0 Å². The molecule has 4 atom stereocenters. The molecule has 1 aliphatic heterocycles. The maximum atomic E-state index is 10.1. The smallest absolute Gasteiger partial charge is 0.218 e. The van der Waals surface area contributed by atoms with Crippen LogP contribution >= 0.6 is 7.82 Å². The van der Waals surface area contributed by atoms with E-state index in [0.29, 0.717) is 0 Å². The monoisotopic (exact) mass is 228 g/mol. The zero-order valence-corrected chi connectivity index (χ0v) is 8.00. The van der Waals surface area contributed by atoms with Crippen molar-refractivity contribution in [2.45, 2.75) is 24.5 Å². The Bertz CT molecular complexity index is 242. The number of rotatable bonds is 3. The van der Waals surface area contributed by atoms with Gasteiger partial charge in [-0.3, -0.25) is 0 Å². The van der Waals surface area contributed by atoms with Crippen molar-refractivity contribution in [3.8, 4) is 0 Å². The summed E-state index contributed by atoms with van der Waals surface area (Å²) < 4.78 is 18.8. The molecule has 0 bridgehead atoms. The third-order valence-electron chi connectivity index (χ3n) is 1.86. The minimum atomic E-state index is -5.08. The molecule has 0 unspecified atom stereocenters. The van der Waals surface area contributed by atoms with Gasteiger partial charge in [-0.15, -0.1) is 0 Å². The van der Waals surface area contributed by atoms with E-state index in [2.05, 4.69) is 10.3 Å². The van der Waals surface area contributed by atoms with Gasteiger partial charge < -0.3 is 39.6 Å². The number of ether oxygens (including phenoxy) is 1. The van der Waals surface area contributed by atoms with Crippen LogP contribution in [0.5, 0.6) is 0 Å². The predicted molar refractivity (Wildman–Crippen MR) is 37.1 cm³/mol. The summed E-state index contributed by atoms with van der Waals surface area (Å²) in [7, 11) is -5.08. The largest absolute Gasteiger partial charge is 0.790 e. The maximum absolute atomic E-state index is 10.1. The molecule has 1 fully saturated rings. The maximum Gasteiger partial charge on any atom is 0.218 e. The lowest BCUT2D eigenvalue weighted by Gasteiger charge is -2.30. The van der Waals surface area contributed by atoms with Crippen molar-refractivity contribution >= 4 is 7.82 Å². The lowest BCUT2D eigenvalue weighted by Crippen LogP contribution is -2.66. The molecule has 84 valence electrons. The van der Waals surface area contributed by atoms with Crippen LogP contribution in [0.1, 0.15) is 0 Å². The number of phosphoric ester groups is 1. The SMILES string of the molecule is [NH3+][C@@H]1O[C@H](COP(=O)([O-])[O-])[C@@H](O)[C@H]1O. The number of aliphatic hydroxyl groups excluding tert-OH is 2. The van der Waals surface area contributed by atoms with Crippen LogP contribution in [0.4, 0.5) is 0 Å². The summed E-state index contributed by atoms with van der Waals surface area (Å²) in [5, 5.41) is 18.4. The van der Waals surface area contributed by atoms with Crippen LogP contribution in [-0.2, 0) is 13.8 Å². The van der Waals surface area contributed by atoms with Gasteiger partial charge in [0.2, 0.25) is 6.23 Å². The Morgan fingerprint density at radius 3 is 2.36 bits per heavy atom. The first-order chi connectivity index (χ1) is 6.31. The van der Waals surface area contributed by atoms with Crippen molar-refractivity contribution in [1.82, 2.24) is 0 Å². The molecule has 1 rings (SSSR count). The third-order valence-corrected chi connectivity index (χ3v) is 2.32. The number of hydrogen-bond donors (Lipinski definition) is 3. The van der Waals surface area contributed by atoms with Crippen LogP contribution in [0.2, 0.25) is 0 Å². The highest BCUT2D eigenvalue weighted by Crippen LogP contribution is 2.27. The van der Waals surface area contributed by atoms with Crippen LogP contribution in [0.3, 0.4) is 0 Å². The number of quaternary nitrogens is 1. The van der Waals surface area contributed by atoms with Gasteiger partial charge in [0.15, 0.2) is 6.10 Å². The van der Waals surface area contributed by atoms with Gasteiger partial charge in [-0.2, -0.15) is 0 Å². The van der Waals surface area contributed by atoms with Crippen molar-refractivity contribution < 1.29 is 39.6 Å².